The van der Waals surface area contributed by atoms with Crippen molar-refractivity contribution in [3.63, 3.8) is 0 Å². The first-order valence-corrected chi connectivity index (χ1v) is 52.2. The van der Waals surface area contributed by atoms with E-state index in [4.69, 9.17) is 92.4 Å². The highest BCUT2D eigenvalue weighted by atomic mass is 35.5. The van der Waals surface area contributed by atoms with Gasteiger partial charge in [0, 0.05) is 226 Å². The number of carbonyl (C=O) groups excluding carboxylic acids is 8. The Kier molecular flexibility index (Phi) is 34.4. The van der Waals surface area contributed by atoms with Crippen LogP contribution in [-0.2, 0) is 94.4 Å². The lowest BCUT2D eigenvalue weighted by atomic mass is 9.94. The first-order valence-electron chi connectivity index (χ1n) is 46.6. The Morgan fingerprint density at radius 2 is 0.884 bits per heavy atom. The van der Waals surface area contributed by atoms with Crippen LogP contribution < -0.4 is 35.4 Å². The minimum Gasteiger partial charge on any atom is -0.466 e. The van der Waals surface area contributed by atoms with Crippen molar-refractivity contribution in [2.24, 2.45) is 15.0 Å². The van der Waals surface area contributed by atoms with Crippen LogP contribution in [-0.4, -0.2) is 317 Å². The molecule has 0 bridgehead atoms. The van der Waals surface area contributed by atoms with Gasteiger partial charge in [-0.2, -0.15) is 0 Å². The second kappa shape index (κ2) is 47.3. The third-order valence-electron chi connectivity index (χ3n) is 26.7. The summed E-state index contributed by atoms with van der Waals surface area (Å²) in [7, 11) is 6.87. The Morgan fingerprint density at radius 3 is 1.28 bits per heavy atom. The molecule has 0 saturated carbocycles. The number of aromatic nitrogens is 3. The number of amides is 6. The van der Waals surface area contributed by atoms with E-state index in [9.17, 15) is 55.6 Å². The molecule has 4 N–H and O–H groups in total. The molecule has 147 heavy (non-hydrogen) atoms. The Hall–Kier alpha value is -12.6. The standard InChI is InChI=1S/C34H36ClFN6O7S.C34H37ClN6O6S.C32H35ClFN7O6S2/c1-46-18-34(19-47-2,49-20-43)21-4-7-23(8-5-21)42-16-24-15-40(11-12-41(24)33(42)45)17-27-28(32(44)48-3)29(25-9-6-22(36)14-26(25)35)39-30(38-27)31-37-10-13-50-31;1-34(2,47-20-42)21-9-11-22(12-10-21)41-18-26-27(19-45-3)39(14-15-40(26)33(41)44)17-25-28(32(43)46-4)29(23-7-5-6-8-24(23)35)38-30(37-25)31-36-13-16-48-31;1-46-18-26-25-17-41(21-7-4-19(5-8-21)15-36-49(3,44)45)32(43)40(25)12-11-39(26)16-24-27(31(42)47-2)28(22-9-6-20(34)14-23(22)33)38-29(37-24)30-35-10-13-48-30/h4-10,13-14,20,24,29H,11-12,15-19H2,1-3H3,(H,38,39);5-13,16,20,26-27,29H,14-15,17-19H2,1-4H3,(H,37,38);4-10,13-14,25-26,28,36H,11-12,15-18H2,1-3H3,(H,37,38)/t24-,29-;26-,27-,29+;25-,26-,28+/m011/s1. The van der Waals surface area contributed by atoms with Crippen molar-refractivity contribution in [1.82, 2.24) is 65.0 Å². The molecule has 0 unspecified atom stereocenters. The average molecular weight is 2150 g/mol. The molecule has 0 aliphatic carbocycles. The van der Waals surface area contributed by atoms with Gasteiger partial charge >= 0.3 is 36.0 Å². The van der Waals surface area contributed by atoms with E-state index in [-0.39, 0.29) is 95.8 Å². The maximum Gasteiger partial charge on any atom is 0.338 e. The summed E-state index contributed by atoms with van der Waals surface area (Å²) in [5.41, 5.74) is 6.56. The molecule has 6 aromatic carbocycles. The summed E-state index contributed by atoms with van der Waals surface area (Å²) in [5, 5.41) is 18.2. The van der Waals surface area contributed by atoms with E-state index < -0.39 is 68.9 Å². The van der Waals surface area contributed by atoms with Crippen LogP contribution in [0.2, 0.25) is 15.1 Å². The fraction of sp³-hybridized carbons (Fsp3) is 0.380. The number of ether oxygens (including phenoxy) is 9. The largest absolute Gasteiger partial charge is 0.466 e. The van der Waals surface area contributed by atoms with Gasteiger partial charge in [-0.25, -0.2) is 65.6 Å². The third kappa shape index (κ3) is 23.6. The highest BCUT2D eigenvalue weighted by Crippen LogP contribution is 2.44. The molecule has 38 nitrogen and oxygen atoms in total. The van der Waals surface area contributed by atoms with E-state index in [1.54, 1.807) is 90.0 Å². The van der Waals surface area contributed by atoms with E-state index in [1.807, 2.05) is 99.3 Å². The van der Waals surface area contributed by atoms with Crippen LogP contribution >= 0.6 is 68.8 Å². The molecule has 9 aromatic rings. The summed E-state index contributed by atoms with van der Waals surface area (Å²) in [6.45, 7) is 11.1. The van der Waals surface area contributed by atoms with Gasteiger partial charge in [-0.05, 0) is 91.7 Å². The van der Waals surface area contributed by atoms with E-state index in [0.717, 1.165) is 23.1 Å². The number of esters is 3. The fourth-order valence-electron chi connectivity index (χ4n) is 19.6. The summed E-state index contributed by atoms with van der Waals surface area (Å²) >= 11 is 23.9. The number of methoxy groups -OCH3 is 7. The maximum absolute atomic E-state index is 14.1. The van der Waals surface area contributed by atoms with Crippen molar-refractivity contribution < 1.29 is 98.2 Å². The molecule has 0 spiro atoms. The van der Waals surface area contributed by atoms with Crippen molar-refractivity contribution in [3.05, 3.63) is 277 Å². The van der Waals surface area contributed by atoms with Crippen molar-refractivity contribution in [2.45, 2.75) is 79.9 Å². The monoisotopic (exact) mass is 2150 g/mol. The summed E-state index contributed by atoms with van der Waals surface area (Å²) in [6.07, 6.45) is 6.12. The summed E-state index contributed by atoms with van der Waals surface area (Å²) in [5.74, 6) is -1.33. The van der Waals surface area contributed by atoms with Crippen LogP contribution in [0.3, 0.4) is 0 Å². The van der Waals surface area contributed by atoms with Crippen LogP contribution in [0.4, 0.5) is 40.2 Å². The minimum atomic E-state index is -3.34. The highest BCUT2D eigenvalue weighted by Gasteiger charge is 2.52. The molecule has 9 aliphatic heterocycles. The molecule has 18 rings (SSSR count). The normalized spacial score (nSPS) is 20.8. The molecular weight excluding hydrogens is 2040 g/mol. The van der Waals surface area contributed by atoms with E-state index in [1.165, 1.54) is 106 Å². The van der Waals surface area contributed by atoms with Crippen LogP contribution in [0.5, 0.6) is 0 Å². The number of anilines is 3. The molecule has 9 aliphatic rings. The number of hydrogen-bond donors (Lipinski definition) is 4. The number of benzene rings is 6. The number of hydrogen-bond acceptors (Lipinski definition) is 34. The zero-order valence-electron chi connectivity index (χ0n) is 81.7. The Labute approximate surface area is 873 Å². The molecule has 0 radical (unpaired) electrons. The van der Waals surface area contributed by atoms with Gasteiger partial charge in [0.1, 0.15) is 35.4 Å². The third-order valence-corrected chi connectivity index (χ3v) is 30.7. The summed E-state index contributed by atoms with van der Waals surface area (Å²) in [4.78, 5) is 149. The summed E-state index contributed by atoms with van der Waals surface area (Å²) in [6, 6.07) is 33.4. The van der Waals surface area contributed by atoms with Crippen molar-refractivity contribution in [3.8, 4) is 0 Å². The topological polar surface area (TPSA) is 407 Å². The van der Waals surface area contributed by atoms with E-state index in [2.05, 4.69) is 50.3 Å². The molecule has 47 heteroatoms. The Bertz CT molecular complexity index is 6650. The predicted octanol–water partition coefficient (Wildman–Crippen LogP) is 11.2. The minimum absolute atomic E-state index is 0.0841. The number of sulfonamides is 1. The Morgan fingerprint density at radius 1 is 0.483 bits per heavy atom. The second-order valence-corrected chi connectivity index (χ2v) is 41.7. The van der Waals surface area contributed by atoms with Gasteiger partial charge in [-0.15, -0.1) is 34.0 Å². The zero-order chi connectivity index (χ0) is 104. The number of nitrogens with one attached hydrogen (secondary N) is 4. The van der Waals surface area contributed by atoms with Crippen LogP contribution in [0.25, 0.3) is 0 Å². The number of urea groups is 3. The smallest absolute Gasteiger partial charge is 0.338 e. The number of thiazole rings is 3. The number of fused-ring (bicyclic) bond motifs is 3. The second-order valence-electron chi connectivity index (χ2n) is 36.0. The molecular formula is C100H108Cl3F2N19O19S4. The van der Waals surface area contributed by atoms with Gasteiger partial charge < -0.3 is 73.3 Å². The lowest BCUT2D eigenvalue weighted by Gasteiger charge is -2.44. The number of rotatable bonds is 35. The van der Waals surface area contributed by atoms with Crippen LogP contribution in [0, 0.1) is 11.6 Å². The molecule has 8 atom stereocenters. The van der Waals surface area contributed by atoms with Gasteiger partial charge in [0.15, 0.2) is 38.1 Å². The van der Waals surface area contributed by atoms with Gasteiger partial charge in [0.05, 0.1) is 101 Å². The quantitative estimate of drug-likeness (QED) is 0.0163. The molecule has 3 aromatic heterocycles. The zero-order valence-corrected chi connectivity index (χ0v) is 87.2. The highest BCUT2D eigenvalue weighted by molar-refractivity contribution is 7.88. The van der Waals surface area contributed by atoms with Crippen molar-refractivity contribution in [1.29, 1.82) is 0 Å². The first-order chi connectivity index (χ1) is 70.8. The summed E-state index contributed by atoms with van der Waals surface area (Å²) < 4.78 is 102. The number of piperazine rings is 3. The Balaban J connectivity index is 0.000000158. The van der Waals surface area contributed by atoms with Gasteiger partial charge in [0.2, 0.25) is 10.0 Å². The average Bonchev–Trinajstić information content (AvgIpc) is 1.39. The number of nitrogens with zero attached hydrogens (tertiary/aromatic N) is 15. The number of carbonyl (C=O) groups is 8. The van der Waals surface area contributed by atoms with Gasteiger partial charge in [0.25, 0.3) is 12.9 Å². The van der Waals surface area contributed by atoms with Crippen LogP contribution in [0.15, 0.2) is 217 Å². The lowest BCUT2D eigenvalue weighted by molar-refractivity contribution is -0.160. The van der Waals surface area contributed by atoms with Crippen molar-refractivity contribution >= 4 is 162 Å². The molecule has 6 saturated heterocycles. The molecule has 6 amide bonds. The van der Waals surface area contributed by atoms with Gasteiger partial charge in [-0.1, -0.05) is 102 Å². The lowest BCUT2D eigenvalue weighted by Crippen LogP contribution is -2.61. The van der Waals surface area contributed by atoms with E-state index >= 15 is 0 Å². The maximum atomic E-state index is 14.1. The van der Waals surface area contributed by atoms with Crippen LogP contribution in [0.1, 0.15) is 80.4 Å². The van der Waals surface area contributed by atoms with Crippen molar-refractivity contribution in [2.75, 3.05) is 182 Å². The SMILES string of the molecule is COCC(COC)(OC=O)c1ccc(N2C[C@@H]3CN(CC4=C(C(=O)OC)[C@H](c5ccc(F)cc5Cl)N=C(c5nccs5)N4)CCN3C2=O)cc1.COC[C@@H]1[C@H]2CN(c3ccc(C(C)(C)OC=O)cc3)C(=O)N2CCN1CC1=C(C(=O)OC)[C@H](c2ccccc2Cl)N=C(c2nccs2)N1.COC[C@@H]1[C@H]2CN(c3ccc(CNS(C)(=O)=O)cc3)C(=O)N2CCN1CC1=C(C(=O)OC)[C@H](c2ccc(F)cc2Cl)N=C(c2nccs2)N1. The van der Waals surface area contributed by atoms with Gasteiger partial charge in [-0.3, -0.25) is 54.0 Å². The number of aliphatic imine (C=N–C) groups is 3. The molecule has 12 heterocycles. The molecule has 6 fully saturated rings. The number of halogens is 5. The van der Waals surface area contributed by atoms with E-state index in [0.29, 0.717) is 199 Å². The predicted molar refractivity (Wildman–Crippen MR) is 549 cm³/mol. The fourth-order valence-corrected chi connectivity index (χ4v) is 22.6. The number of amidine groups is 3. The molecule has 776 valence electrons. The first kappa shape index (κ1) is 107.